The zero-order chi connectivity index (χ0) is 11.5. The molecule has 0 fully saturated rings. The van der Waals surface area contributed by atoms with Gasteiger partial charge in [-0.25, -0.2) is 4.98 Å². The van der Waals surface area contributed by atoms with Crippen molar-refractivity contribution >= 4 is 5.82 Å². The summed E-state index contributed by atoms with van der Waals surface area (Å²) in [6.45, 7) is 6.35. The van der Waals surface area contributed by atoms with Gasteiger partial charge in [0, 0.05) is 17.8 Å². The minimum absolute atomic E-state index is 0.215. The van der Waals surface area contributed by atoms with E-state index in [-0.39, 0.29) is 5.54 Å². The summed E-state index contributed by atoms with van der Waals surface area (Å²) in [6, 6.07) is 5.58. The molecule has 0 atom stereocenters. The largest absolute Gasteiger partial charge is 0.364 e. The lowest BCUT2D eigenvalue weighted by atomic mass is 10.1. The lowest BCUT2D eigenvalue weighted by Gasteiger charge is -2.25. The third-order valence-corrected chi connectivity index (χ3v) is 2.06. The summed E-state index contributed by atoms with van der Waals surface area (Å²) < 4.78 is 0. The Balaban J connectivity index is 2.96. The minimum atomic E-state index is -0.215. The van der Waals surface area contributed by atoms with Crippen molar-refractivity contribution in [1.29, 1.82) is 5.26 Å². The van der Waals surface area contributed by atoms with Crippen LogP contribution >= 0.6 is 0 Å². The van der Waals surface area contributed by atoms with Gasteiger partial charge >= 0.3 is 0 Å². The fourth-order valence-corrected chi connectivity index (χ4v) is 1.19. The van der Waals surface area contributed by atoms with Gasteiger partial charge in [0.05, 0.1) is 11.6 Å². The van der Waals surface area contributed by atoms with Gasteiger partial charge in [-0.3, -0.25) is 0 Å². The highest BCUT2D eigenvalue weighted by Crippen LogP contribution is 2.14. The second kappa shape index (κ2) is 4.28. The van der Waals surface area contributed by atoms with E-state index in [1.807, 2.05) is 20.8 Å². The first kappa shape index (κ1) is 11.5. The van der Waals surface area contributed by atoms with Crippen LogP contribution in [0.5, 0.6) is 0 Å². The van der Waals surface area contributed by atoms with Crippen molar-refractivity contribution < 1.29 is 0 Å². The molecule has 1 rings (SSSR count). The van der Waals surface area contributed by atoms with Crippen LogP contribution in [0.2, 0.25) is 0 Å². The second-order valence-corrected chi connectivity index (χ2v) is 4.21. The van der Waals surface area contributed by atoms with Crippen molar-refractivity contribution in [3.8, 4) is 6.07 Å². The lowest BCUT2D eigenvalue weighted by Crippen LogP contribution is -2.39. The van der Waals surface area contributed by atoms with Gasteiger partial charge in [0.1, 0.15) is 5.82 Å². The fraction of sp³-hybridized carbons (Fsp3) is 0.455. The third kappa shape index (κ3) is 3.22. The molecule has 0 amide bonds. The number of aryl methyl sites for hydroxylation is 1. The predicted octanol–water partition coefficient (Wildman–Crippen LogP) is 1.41. The van der Waals surface area contributed by atoms with Crippen LogP contribution in [0.3, 0.4) is 0 Å². The molecule has 0 aliphatic rings. The normalized spacial score (nSPS) is 10.9. The highest BCUT2D eigenvalue weighted by Gasteiger charge is 2.15. The number of aromatic nitrogens is 1. The number of pyridine rings is 1. The molecule has 1 heterocycles. The van der Waals surface area contributed by atoms with Crippen LogP contribution in [-0.4, -0.2) is 17.1 Å². The number of hydrogen-bond acceptors (Lipinski definition) is 4. The van der Waals surface area contributed by atoms with E-state index in [0.717, 1.165) is 5.69 Å². The SMILES string of the molecule is Cc1cc(C#N)cc(NC(C)(C)CN)n1. The number of nitrogens with zero attached hydrogens (tertiary/aromatic N) is 2. The Morgan fingerprint density at radius 3 is 2.73 bits per heavy atom. The molecule has 0 radical (unpaired) electrons. The number of hydrogen-bond donors (Lipinski definition) is 2. The fourth-order valence-electron chi connectivity index (χ4n) is 1.19. The summed E-state index contributed by atoms with van der Waals surface area (Å²) >= 11 is 0. The first-order chi connectivity index (χ1) is 6.96. The van der Waals surface area contributed by atoms with Crippen LogP contribution in [0.25, 0.3) is 0 Å². The standard InChI is InChI=1S/C11H16N4/c1-8-4-9(6-12)5-10(14-8)15-11(2,3)7-13/h4-5H,7,13H2,1-3H3,(H,14,15). The van der Waals surface area contributed by atoms with Gasteiger partial charge < -0.3 is 11.1 Å². The van der Waals surface area contributed by atoms with E-state index < -0.39 is 0 Å². The summed E-state index contributed by atoms with van der Waals surface area (Å²) in [5.41, 5.74) is 6.83. The van der Waals surface area contributed by atoms with Gasteiger partial charge in [-0.1, -0.05) is 0 Å². The van der Waals surface area contributed by atoms with Crippen molar-refractivity contribution in [2.24, 2.45) is 5.73 Å². The highest BCUT2D eigenvalue weighted by atomic mass is 15.1. The van der Waals surface area contributed by atoms with E-state index in [4.69, 9.17) is 11.0 Å². The first-order valence-electron chi connectivity index (χ1n) is 4.84. The molecule has 0 aliphatic heterocycles. The number of anilines is 1. The molecule has 4 nitrogen and oxygen atoms in total. The monoisotopic (exact) mass is 204 g/mol. The van der Waals surface area contributed by atoms with Crippen LogP contribution in [-0.2, 0) is 0 Å². The van der Waals surface area contributed by atoms with E-state index in [2.05, 4.69) is 16.4 Å². The third-order valence-electron chi connectivity index (χ3n) is 2.06. The van der Waals surface area contributed by atoms with Crippen molar-refractivity contribution in [3.05, 3.63) is 23.4 Å². The maximum atomic E-state index is 8.81. The summed E-state index contributed by atoms with van der Waals surface area (Å²) in [4.78, 5) is 4.30. The Kier molecular flexibility index (Phi) is 3.28. The zero-order valence-electron chi connectivity index (χ0n) is 9.33. The van der Waals surface area contributed by atoms with Crippen LogP contribution in [0.4, 0.5) is 5.82 Å². The predicted molar refractivity (Wildman–Crippen MR) is 60.4 cm³/mol. The van der Waals surface area contributed by atoms with Crippen molar-refractivity contribution in [1.82, 2.24) is 4.98 Å². The first-order valence-corrected chi connectivity index (χ1v) is 4.84. The Morgan fingerprint density at radius 1 is 1.53 bits per heavy atom. The molecule has 0 bridgehead atoms. The number of nitrogens with two attached hydrogens (primary N) is 1. The van der Waals surface area contributed by atoms with E-state index in [1.165, 1.54) is 0 Å². The molecule has 4 heteroatoms. The number of rotatable bonds is 3. The number of nitrogens with one attached hydrogen (secondary N) is 1. The van der Waals surface area contributed by atoms with Crippen LogP contribution in [0.15, 0.2) is 12.1 Å². The van der Waals surface area contributed by atoms with Gasteiger partial charge in [0.25, 0.3) is 0 Å². The van der Waals surface area contributed by atoms with Crippen molar-refractivity contribution in [3.63, 3.8) is 0 Å². The Labute approximate surface area is 90.1 Å². The van der Waals surface area contributed by atoms with E-state index in [0.29, 0.717) is 17.9 Å². The average molecular weight is 204 g/mol. The van der Waals surface area contributed by atoms with Gasteiger partial charge in [-0.15, -0.1) is 0 Å². The van der Waals surface area contributed by atoms with E-state index in [1.54, 1.807) is 12.1 Å². The van der Waals surface area contributed by atoms with Crippen LogP contribution in [0.1, 0.15) is 25.1 Å². The van der Waals surface area contributed by atoms with Gasteiger partial charge in [0.15, 0.2) is 0 Å². The summed E-state index contributed by atoms with van der Waals surface area (Å²) in [6.07, 6.45) is 0. The van der Waals surface area contributed by atoms with Crippen LogP contribution in [0, 0.1) is 18.3 Å². The van der Waals surface area contributed by atoms with Gasteiger partial charge in [0.2, 0.25) is 0 Å². The second-order valence-electron chi connectivity index (χ2n) is 4.21. The molecular formula is C11H16N4. The molecule has 1 aromatic rings. The highest BCUT2D eigenvalue weighted by molar-refractivity contribution is 5.45. The van der Waals surface area contributed by atoms with Crippen LogP contribution < -0.4 is 11.1 Å². The average Bonchev–Trinajstić information content (AvgIpc) is 2.16. The molecule has 0 spiro atoms. The molecule has 0 aliphatic carbocycles. The number of nitriles is 1. The minimum Gasteiger partial charge on any atom is -0.364 e. The van der Waals surface area contributed by atoms with E-state index in [9.17, 15) is 0 Å². The lowest BCUT2D eigenvalue weighted by molar-refractivity contribution is 0.577. The Hall–Kier alpha value is -1.60. The van der Waals surface area contributed by atoms with Gasteiger partial charge in [-0.2, -0.15) is 5.26 Å². The molecule has 0 unspecified atom stereocenters. The molecule has 15 heavy (non-hydrogen) atoms. The van der Waals surface area contributed by atoms with Gasteiger partial charge in [-0.05, 0) is 32.9 Å². The molecular weight excluding hydrogens is 188 g/mol. The van der Waals surface area contributed by atoms with E-state index >= 15 is 0 Å². The van der Waals surface area contributed by atoms with Crippen molar-refractivity contribution in [2.75, 3.05) is 11.9 Å². The van der Waals surface area contributed by atoms with Crippen molar-refractivity contribution in [2.45, 2.75) is 26.3 Å². The quantitative estimate of drug-likeness (QED) is 0.780. The maximum absolute atomic E-state index is 8.81. The summed E-state index contributed by atoms with van der Waals surface area (Å²) in [7, 11) is 0. The Morgan fingerprint density at radius 2 is 2.20 bits per heavy atom. The summed E-state index contributed by atoms with van der Waals surface area (Å²) in [5, 5.41) is 12.0. The topological polar surface area (TPSA) is 74.7 Å². The zero-order valence-corrected chi connectivity index (χ0v) is 9.33. The molecule has 3 N–H and O–H groups in total. The molecule has 1 aromatic heterocycles. The molecule has 0 saturated carbocycles. The molecule has 0 saturated heterocycles. The molecule has 80 valence electrons. The smallest absolute Gasteiger partial charge is 0.127 e. The summed E-state index contributed by atoms with van der Waals surface area (Å²) in [5.74, 6) is 0.696. The Bertz CT molecular complexity index is 390. The maximum Gasteiger partial charge on any atom is 0.127 e. The molecule has 0 aromatic carbocycles.